The Balaban J connectivity index is 1.49. The maximum Gasteiger partial charge on any atom is 0.435 e. The van der Waals surface area contributed by atoms with Crippen LogP contribution >= 0.6 is 34.2 Å². The van der Waals surface area contributed by atoms with Crippen molar-refractivity contribution in [2.24, 2.45) is 5.92 Å². The normalized spacial score (nSPS) is 17.2. The lowest BCUT2D eigenvalue weighted by Crippen LogP contribution is -2.37. The van der Waals surface area contributed by atoms with Gasteiger partial charge in [0.25, 0.3) is 5.92 Å². The average molecular weight is 1150 g/mol. The lowest BCUT2D eigenvalue weighted by molar-refractivity contribution is -0.143. The molecule has 0 aliphatic heterocycles. The molecule has 14 nitrogen and oxygen atoms in total. The maximum atomic E-state index is 15.5. The number of hydrogen-bond donors (Lipinski definition) is 1. The molecule has 1 N–H and O–H groups in total. The number of sulfonamides is 1. The van der Waals surface area contributed by atoms with E-state index in [1.54, 1.807) is 22.6 Å². The smallest absolute Gasteiger partial charge is 0.435 e. The summed E-state index contributed by atoms with van der Waals surface area (Å²) in [5, 5.41) is 8.60. The molecule has 7 rings (SSSR count). The third kappa shape index (κ3) is 10.3. The Morgan fingerprint density at radius 1 is 0.986 bits per heavy atom. The van der Waals surface area contributed by atoms with Gasteiger partial charge in [-0.05, 0) is 97.0 Å². The number of amides is 2. The van der Waals surface area contributed by atoms with E-state index in [0.29, 0.717) is 12.3 Å². The molecule has 2 aliphatic rings. The highest BCUT2D eigenvalue weighted by Crippen LogP contribution is 2.68. The van der Waals surface area contributed by atoms with Crippen LogP contribution < -0.4 is 9.62 Å². The van der Waals surface area contributed by atoms with Gasteiger partial charge in [-0.3, -0.25) is 14.2 Å². The molecule has 2 amide bonds. The summed E-state index contributed by atoms with van der Waals surface area (Å²) < 4.78 is 201. The van der Waals surface area contributed by atoms with Crippen molar-refractivity contribution in [1.82, 2.24) is 29.9 Å². The van der Waals surface area contributed by atoms with Crippen molar-refractivity contribution < 1.29 is 75.1 Å². The summed E-state index contributed by atoms with van der Waals surface area (Å²) in [6.07, 6.45) is -11.5. The van der Waals surface area contributed by atoms with Crippen LogP contribution in [0.25, 0.3) is 22.0 Å². The van der Waals surface area contributed by atoms with Gasteiger partial charge in [-0.2, -0.15) is 49.6 Å². The maximum absolute atomic E-state index is 15.5. The first-order valence-corrected chi connectivity index (χ1v) is 25.4. The molecule has 2 aliphatic carbocycles. The van der Waals surface area contributed by atoms with Crippen LogP contribution in [0, 0.1) is 29.4 Å². The van der Waals surface area contributed by atoms with Crippen molar-refractivity contribution in [1.29, 1.82) is 0 Å². The molecule has 1 fully saturated rings. The Kier molecular flexibility index (Phi) is 13.4. The van der Waals surface area contributed by atoms with Gasteiger partial charge in [0.05, 0.1) is 33.9 Å². The molecule has 0 spiro atoms. The quantitative estimate of drug-likeness (QED) is 0.0552. The number of nitrogens with zero attached hydrogens (tertiary/aromatic N) is 6. The fourth-order valence-electron chi connectivity index (χ4n) is 7.88. The molecule has 0 radical (unpaired) electrons. The molecule has 0 bridgehead atoms. The van der Waals surface area contributed by atoms with E-state index >= 15 is 8.78 Å². The summed E-state index contributed by atoms with van der Waals surface area (Å²) in [6, 6.07) is 4.79. The molecule has 0 unspecified atom stereocenters. The minimum absolute atomic E-state index is 0.0390. The first-order valence-electron chi connectivity index (χ1n) is 19.8. The van der Waals surface area contributed by atoms with Crippen LogP contribution in [0.2, 0.25) is 5.02 Å². The third-order valence-electron chi connectivity index (χ3n) is 11.2. The molecule has 0 saturated heterocycles. The van der Waals surface area contributed by atoms with E-state index in [1.807, 2.05) is 0 Å². The number of hydrogen-bond acceptors (Lipinski definition) is 10. The van der Waals surface area contributed by atoms with Crippen LogP contribution in [-0.4, -0.2) is 81.4 Å². The lowest BCUT2D eigenvalue weighted by atomic mass is 9.93. The second-order valence-corrected chi connectivity index (χ2v) is 22.0. The second kappa shape index (κ2) is 17.9. The molecule has 370 valence electrons. The number of carbonyl (C=O) groups is 2. The number of alkyl halides is 9. The van der Waals surface area contributed by atoms with Crippen LogP contribution in [0.3, 0.4) is 0 Å². The number of pyridine rings is 1. The number of fused-ring (bicyclic) bond motifs is 4. The fraction of sp³-hybridized carbons (Fsp3) is 0.390. The SMILES string of the molecule is CC(C)(C#Cc1ccc(-c2ccc(Cl)c3c(N(C(=O)OCI)S(C)(=O)=O)nn(CC(F)(F)F)c23)c([C@H](Cc2cc(F)cc(F)c2)NC(=O)Cn2nc(C(F)(F)F)c3c2C(F)(F)[C@@H]2C[C@H]32)n1)S(C)(=O)=O. The first-order chi connectivity index (χ1) is 31.7. The van der Waals surface area contributed by atoms with E-state index in [-0.39, 0.29) is 42.5 Å². The van der Waals surface area contributed by atoms with Gasteiger partial charge in [-0.25, -0.2) is 35.4 Å². The molecule has 1 saturated carbocycles. The molecule has 3 aromatic heterocycles. The fourth-order valence-corrected chi connectivity index (χ4v) is 9.39. The standard InChI is InChI=1S/C41H33ClF10IN7O7S2/c1-38(2,68(3,63)64)10-9-22-5-6-23(24-7-8-27(42)31-33(24)59(17-39(45,46)47)57-36(31)60(69(4,65)66)37(62)67-18-53)32(54-22)28(13-19-11-20(43)14-21(44)12-19)55-29(61)16-58-35-30(34(56-58)41(50,51)52)25-15-26(25)40(35,48)49/h5-8,11-12,14,25-26,28H,13,15-18H2,1-4H3,(H,55,61)/t25-,26+,28-/m0/s1. The Labute approximate surface area is 403 Å². The number of carbonyl (C=O) groups excluding carboxylic acids is 2. The van der Waals surface area contributed by atoms with Gasteiger partial charge < -0.3 is 10.1 Å². The number of benzene rings is 2. The summed E-state index contributed by atoms with van der Waals surface area (Å²) >= 11 is 8.11. The number of anilines is 1. The minimum Gasteiger partial charge on any atom is -0.438 e. The zero-order valence-corrected chi connectivity index (χ0v) is 40.2. The van der Waals surface area contributed by atoms with Crippen molar-refractivity contribution in [2.75, 3.05) is 21.4 Å². The van der Waals surface area contributed by atoms with Gasteiger partial charge in [0.15, 0.2) is 21.3 Å². The highest BCUT2D eigenvalue weighted by Gasteiger charge is 2.68. The van der Waals surface area contributed by atoms with Crippen molar-refractivity contribution in [3.8, 4) is 23.0 Å². The molecular formula is C41H33ClF10IN7O7S2. The van der Waals surface area contributed by atoms with Gasteiger partial charge in [0, 0.05) is 34.9 Å². The molecule has 3 atom stereocenters. The zero-order valence-electron chi connectivity index (χ0n) is 35.7. The van der Waals surface area contributed by atoms with Crippen LogP contribution in [0.15, 0.2) is 42.5 Å². The highest BCUT2D eigenvalue weighted by molar-refractivity contribution is 14.1. The van der Waals surface area contributed by atoms with Crippen LogP contribution in [0.5, 0.6) is 0 Å². The second-order valence-electron chi connectivity index (χ2n) is 16.6. The Bertz CT molecular complexity index is 3220. The number of halogens is 12. The van der Waals surface area contributed by atoms with Crippen LogP contribution in [-0.2, 0) is 61.0 Å². The van der Waals surface area contributed by atoms with E-state index < -0.39 is 153 Å². The zero-order chi connectivity index (χ0) is 51.1. The van der Waals surface area contributed by atoms with Crippen LogP contribution in [0.1, 0.15) is 66.1 Å². The molecule has 69 heavy (non-hydrogen) atoms. The summed E-state index contributed by atoms with van der Waals surface area (Å²) in [5.41, 5.74) is -5.83. The summed E-state index contributed by atoms with van der Waals surface area (Å²) in [6.45, 7) is -0.782. The van der Waals surface area contributed by atoms with E-state index in [0.717, 1.165) is 42.7 Å². The van der Waals surface area contributed by atoms with E-state index in [9.17, 15) is 61.5 Å². The van der Waals surface area contributed by atoms with E-state index in [4.69, 9.17) is 16.3 Å². The predicted molar refractivity (Wildman–Crippen MR) is 235 cm³/mol. The number of sulfone groups is 1. The molecule has 2 aromatic carbocycles. The molecule has 5 aromatic rings. The average Bonchev–Trinajstić information content (AvgIpc) is 3.71. The lowest BCUT2D eigenvalue weighted by Gasteiger charge is -2.23. The minimum atomic E-state index is -5.22. The largest absolute Gasteiger partial charge is 0.438 e. The number of rotatable bonds is 12. The van der Waals surface area contributed by atoms with Crippen molar-refractivity contribution >= 4 is 82.8 Å². The number of aromatic nitrogens is 5. The Hall–Kier alpha value is -5.21. The topological polar surface area (TPSA) is 175 Å². The van der Waals surface area contributed by atoms with Gasteiger partial charge in [0.2, 0.25) is 15.9 Å². The number of ether oxygens (including phenoxy) is 1. The molecule has 28 heteroatoms. The van der Waals surface area contributed by atoms with Gasteiger partial charge in [0.1, 0.15) is 45.5 Å². The molecule has 3 heterocycles. The van der Waals surface area contributed by atoms with Gasteiger partial charge >= 0.3 is 18.4 Å². The van der Waals surface area contributed by atoms with Gasteiger partial charge in [-0.1, -0.05) is 23.6 Å². The van der Waals surface area contributed by atoms with E-state index in [1.165, 1.54) is 13.8 Å². The monoisotopic (exact) mass is 1150 g/mol. The Morgan fingerprint density at radius 2 is 1.62 bits per heavy atom. The first kappa shape index (κ1) is 51.6. The number of nitrogens with one attached hydrogen (secondary N) is 1. The Morgan fingerprint density at radius 3 is 2.20 bits per heavy atom. The van der Waals surface area contributed by atoms with Crippen molar-refractivity contribution in [3.63, 3.8) is 0 Å². The van der Waals surface area contributed by atoms with Crippen molar-refractivity contribution in [3.05, 3.63) is 93.0 Å². The summed E-state index contributed by atoms with van der Waals surface area (Å²) in [5.74, 6) is -6.00. The van der Waals surface area contributed by atoms with Gasteiger partial charge in [-0.15, -0.1) is 0 Å². The van der Waals surface area contributed by atoms with Crippen LogP contribution in [0.4, 0.5) is 54.5 Å². The third-order valence-corrected chi connectivity index (χ3v) is 14.7. The predicted octanol–water partition coefficient (Wildman–Crippen LogP) is 8.59. The molecular weight excluding hydrogens is 1120 g/mol. The highest BCUT2D eigenvalue weighted by atomic mass is 127. The summed E-state index contributed by atoms with van der Waals surface area (Å²) in [4.78, 5) is 31.8. The van der Waals surface area contributed by atoms with E-state index in [2.05, 4.69) is 32.3 Å². The van der Waals surface area contributed by atoms with Crippen molar-refractivity contribution in [2.45, 2.75) is 74.8 Å². The summed E-state index contributed by atoms with van der Waals surface area (Å²) in [7, 11) is -8.66.